The monoisotopic (exact) mass is 346 g/mol. The van der Waals surface area contributed by atoms with Gasteiger partial charge in [0.2, 0.25) is 17.7 Å². The van der Waals surface area contributed by atoms with Crippen LogP contribution in [0.2, 0.25) is 0 Å². The zero-order chi connectivity index (χ0) is 18.0. The summed E-state index contributed by atoms with van der Waals surface area (Å²) in [5.74, 6) is 1.82. The van der Waals surface area contributed by atoms with Crippen molar-refractivity contribution in [1.29, 1.82) is 0 Å². The lowest BCUT2D eigenvalue weighted by Gasteiger charge is -2.24. The van der Waals surface area contributed by atoms with Gasteiger partial charge in [-0.05, 0) is 24.8 Å². The van der Waals surface area contributed by atoms with E-state index in [9.17, 15) is 9.59 Å². The Bertz CT molecular complexity index is 669. The van der Waals surface area contributed by atoms with Crippen LogP contribution in [0.3, 0.4) is 0 Å². The quantitative estimate of drug-likeness (QED) is 0.793. The van der Waals surface area contributed by atoms with E-state index in [1.54, 1.807) is 0 Å². The van der Waals surface area contributed by atoms with Crippen LogP contribution < -0.4 is 5.32 Å². The predicted octanol–water partition coefficient (Wildman–Crippen LogP) is 1.77. The highest BCUT2D eigenvalue weighted by Crippen LogP contribution is 2.50. The molecule has 1 aliphatic carbocycles. The van der Waals surface area contributed by atoms with Gasteiger partial charge < -0.3 is 14.7 Å². The van der Waals surface area contributed by atoms with Crippen LogP contribution in [0, 0.1) is 5.92 Å². The predicted molar refractivity (Wildman–Crippen MR) is 91.8 cm³/mol. The van der Waals surface area contributed by atoms with Crippen molar-refractivity contribution in [3.8, 4) is 0 Å². The van der Waals surface area contributed by atoms with Crippen molar-refractivity contribution in [2.75, 3.05) is 19.6 Å². The van der Waals surface area contributed by atoms with Gasteiger partial charge in [0.15, 0.2) is 5.82 Å². The Kier molecular flexibility index (Phi) is 4.92. The van der Waals surface area contributed by atoms with Crippen molar-refractivity contribution >= 4 is 11.8 Å². The number of likely N-dealkylation sites (tertiary alicyclic amines) is 1. The van der Waals surface area contributed by atoms with Crippen LogP contribution in [0.15, 0.2) is 17.2 Å². The first-order valence-corrected chi connectivity index (χ1v) is 8.98. The first-order chi connectivity index (χ1) is 12.0. The third kappa shape index (κ3) is 3.32. The molecule has 1 aliphatic heterocycles. The second-order valence-corrected chi connectivity index (χ2v) is 7.38. The van der Waals surface area contributed by atoms with E-state index in [0.29, 0.717) is 31.3 Å². The smallest absolute Gasteiger partial charge is 0.243 e. The fourth-order valence-electron chi connectivity index (χ4n) is 4.02. The number of rotatable bonds is 6. The molecule has 0 aromatic carbocycles. The molecule has 1 aromatic rings. The minimum atomic E-state index is -0.255. The molecule has 0 unspecified atom stereocenters. The summed E-state index contributed by atoms with van der Waals surface area (Å²) in [6.07, 6.45) is 4.69. The number of hydrogen-bond donors (Lipinski definition) is 1. The van der Waals surface area contributed by atoms with E-state index in [1.807, 2.05) is 18.7 Å². The highest BCUT2D eigenvalue weighted by molar-refractivity contribution is 5.87. The molecule has 1 saturated carbocycles. The minimum Gasteiger partial charge on any atom is -0.352 e. The van der Waals surface area contributed by atoms with Gasteiger partial charge in [0.1, 0.15) is 0 Å². The van der Waals surface area contributed by atoms with Crippen LogP contribution in [0.4, 0.5) is 0 Å². The van der Waals surface area contributed by atoms with Crippen molar-refractivity contribution in [2.24, 2.45) is 5.92 Å². The van der Waals surface area contributed by atoms with E-state index >= 15 is 0 Å². The van der Waals surface area contributed by atoms with Gasteiger partial charge in [-0.2, -0.15) is 4.98 Å². The third-order valence-corrected chi connectivity index (χ3v) is 5.43. The molecular formula is C18H26N4O3. The number of amides is 2. The van der Waals surface area contributed by atoms with E-state index in [-0.39, 0.29) is 23.1 Å². The van der Waals surface area contributed by atoms with Crippen LogP contribution in [0.1, 0.15) is 57.2 Å². The van der Waals surface area contributed by atoms with Crippen molar-refractivity contribution in [3.05, 3.63) is 24.4 Å². The van der Waals surface area contributed by atoms with E-state index in [1.165, 1.54) is 6.08 Å². The number of fused-ring (bicyclic) bond motifs is 1. The summed E-state index contributed by atoms with van der Waals surface area (Å²) in [5.41, 5.74) is -0.194. The van der Waals surface area contributed by atoms with Crippen molar-refractivity contribution < 1.29 is 14.1 Å². The Morgan fingerprint density at radius 2 is 2.32 bits per heavy atom. The molecule has 7 heteroatoms. The van der Waals surface area contributed by atoms with E-state index < -0.39 is 0 Å². The summed E-state index contributed by atoms with van der Waals surface area (Å²) in [6.45, 7) is 9.17. The molecule has 25 heavy (non-hydrogen) atoms. The van der Waals surface area contributed by atoms with Gasteiger partial charge >= 0.3 is 0 Å². The lowest BCUT2D eigenvalue weighted by Crippen LogP contribution is -2.36. The van der Waals surface area contributed by atoms with Crippen LogP contribution in [-0.2, 0) is 15.0 Å². The van der Waals surface area contributed by atoms with Crippen LogP contribution in [0.5, 0.6) is 0 Å². The zero-order valence-corrected chi connectivity index (χ0v) is 15.0. The third-order valence-electron chi connectivity index (χ3n) is 5.43. The number of nitrogens with zero attached hydrogens (tertiary/aromatic N) is 3. The molecule has 2 amide bonds. The highest BCUT2D eigenvalue weighted by atomic mass is 16.5. The summed E-state index contributed by atoms with van der Waals surface area (Å²) in [5, 5.41) is 6.77. The number of nitrogens with one attached hydrogen (secondary N) is 1. The molecule has 2 heterocycles. The first-order valence-electron chi connectivity index (χ1n) is 8.98. The molecule has 1 N–H and O–H groups in total. The van der Waals surface area contributed by atoms with Gasteiger partial charge in [0, 0.05) is 32.0 Å². The van der Waals surface area contributed by atoms with Gasteiger partial charge in [-0.25, -0.2) is 0 Å². The average molecular weight is 346 g/mol. The number of carbonyl (C=O) groups is 2. The second-order valence-electron chi connectivity index (χ2n) is 7.38. The Labute approximate surface area is 147 Å². The molecular weight excluding hydrogens is 320 g/mol. The second kappa shape index (κ2) is 6.98. The highest BCUT2D eigenvalue weighted by Gasteiger charge is 2.55. The van der Waals surface area contributed by atoms with Gasteiger partial charge in [-0.15, -0.1) is 0 Å². The lowest BCUT2D eigenvalue weighted by molar-refractivity contribution is -0.130. The maximum absolute atomic E-state index is 12.5. The summed E-state index contributed by atoms with van der Waals surface area (Å²) in [6, 6.07) is 0. The van der Waals surface area contributed by atoms with E-state index in [4.69, 9.17) is 4.52 Å². The molecule has 0 spiro atoms. The van der Waals surface area contributed by atoms with E-state index in [0.717, 1.165) is 31.6 Å². The number of aromatic nitrogens is 2. The van der Waals surface area contributed by atoms with Crippen molar-refractivity contribution in [1.82, 2.24) is 20.4 Å². The fraction of sp³-hybridized carbons (Fsp3) is 0.667. The summed E-state index contributed by atoms with van der Waals surface area (Å²) in [4.78, 5) is 30.2. The van der Waals surface area contributed by atoms with Crippen molar-refractivity contribution in [2.45, 2.75) is 50.9 Å². The maximum atomic E-state index is 12.5. The summed E-state index contributed by atoms with van der Waals surface area (Å²) < 4.78 is 5.60. The molecule has 2 atom stereocenters. The van der Waals surface area contributed by atoms with Gasteiger partial charge in [0.05, 0.1) is 5.41 Å². The summed E-state index contributed by atoms with van der Waals surface area (Å²) in [7, 11) is 0. The SMILES string of the molecule is C=CC(=O)NCCC(=O)N1C[C@@H]2CCC[C@]2(c2nc(C(C)C)no2)C1. The Balaban J connectivity index is 1.68. The average Bonchev–Trinajstić information content (AvgIpc) is 3.27. The zero-order valence-electron chi connectivity index (χ0n) is 15.0. The van der Waals surface area contributed by atoms with Crippen molar-refractivity contribution in [3.63, 3.8) is 0 Å². The first kappa shape index (κ1) is 17.6. The Morgan fingerprint density at radius 1 is 1.52 bits per heavy atom. The molecule has 1 saturated heterocycles. The number of carbonyl (C=O) groups excluding carboxylic acids is 2. The Hall–Kier alpha value is -2.18. The van der Waals surface area contributed by atoms with E-state index in [2.05, 4.69) is 22.0 Å². The molecule has 0 bridgehead atoms. The molecule has 1 aromatic heterocycles. The maximum Gasteiger partial charge on any atom is 0.243 e. The molecule has 7 nitrogen and oxygen atoms in total. The normalized spacial score (nSPS) is 25.2. The van der Waals surface area contributed by atoms with Crippen LogP contribution in [0.25, 0.3) is 0 Å². The number of hydrogen-bond acceptors (Lipinski definition) is 5. The van der Waals surface area contributed by atoms with Crippen LogP contribution >= 0.6 is 0 Å². The van der Waals surface area contributed by atoms with Gasteiger partial charge in [0.25, 0.3) is 0 Å². The standard InChI is InChI=1S/C18H26N4O3/c1-4-14(23)19-9-7-15(24)22-10-13-6-5-8-18(13,11-22)17-20-16(12(2)3)21-25-17/h4,12-13H,1,5-11H2,2-3H3,(H,19,23)/t13-,18-/m0/s1. The van der Waals surface area contributed by atoms with Crippen LogP contribution in [-0.4, -0.2) is 46.5 Å². The lowest BCUT2D eigenvalue weighted by atomic mass is 9.80. The molecule has 2 fully saturated rings. The minimum absolute atomic E-state index is 0.0572. The Morgan fingerprint density at radius 3 is 3.00 bits per heavy atom. The molecule has 0 radical (unpaired) electrons. The fourth-order valence-corrected chi connectivity index (χ4v) is 4.02. The summed E-state index contributed by atoms with van der Waals surface area (Å²) >= 11 is 0. The van der Waals surface area contributed by atoms with Gasteiger partial charge in [-0.3, -0.25) is 9.59 Å². The molecule has 3 rings (SSSR count). The topological polar surface area (TPSA) is 88.3 Å². The molecule has 136 valence electrons. The largest absolute Gasteiger partial charge is 0.352 e. The van der Waals surface area contributed by atoms with Gasteiger partial charge in [-0.1, -0.05) is 32.0 Å². The molecule has 2 aliphatic rings.